The molecule has 1 saturated carbocycles. The lowest BCUT2D eigenvalue weighted by Gasteiger charge is -2.23. The van der Waals surface area contributed by atoms with Gasteiger partial charge in [0.05, 0.1) is 11.8 Å². The number of carbonyl (C=O) groups is 3. The van der Waals surface area contributed by atoms with E-state index >= 15 is 0 Å². The number of nitrogens with zero attached hydrogens (tertiary/aromatic N) is 1. The molecule has 6 heteroatoms. The minimum atomic E-state index is -0.823. The first-order chi connectivity index (χ1) is 8.86. The number of carbonyl (C=O) groups excluding carboxylic acids is 2. The Labute approximate surface area is 113 Å². The average molecular weight is 270 g/mol. The summed E-state index contributed by atoms with van der Waals surface area (Å²) in [7, 11) is 3.23. The van der Waals surface area contributed by atoms with E-state index in [2.05, 4.69) is 5.32 Å². The van der Waals surface area contributed by atoms with E-state index < -0.39 is 11.9 Å². The summed E-state index contributed by atoms with van der Waals surface area (Å²) in [6.07, 6.45) is 1.59. The van der Waals surface area contributed by atoms with Crippen molar-refractivity contribution in [1.82, 2.24) is 10.2 Å². The lowest BCUT2D eigenvalue weighted by atomic mass is 10.0. The molecule has 1 aliphatic rings. The molecule has 2 N–H and O–H groups in total. The fraction of sp³-hybridized carbons (Fsp3) is 0.769. The van der Waals surface area contributed by atoms with Crippen LogP contribution in [0.1, 0.15) is 26.2 Å². The molecule has 6 nitrogen and oxygen atoms in total. The molecule has 0 saturated heterocycles. The fourth-order valence-corrected chi connectivity index (χ4v) is 2.57. The number of nitrogens with one attached hydrogen (secondary N) is 1. The molecule has 0 spiro atoms. The molecule has 0 aliphatic heterocycles. The predicted octanol–water partition coefficient (Wildman–Crippen LogP) is 0.328. The molecule has 0 bridgehead atoms. The maximum Gasteiger partial charge on any atom is 0.306 e. The Hall–Kier alpha value is -1.59. The van der Waals surface area contributed by atoms with Crippen LogP contribution in [0.3, 0.4) is 0 Å². The van der Waals surface area contributed by atoms with Gasteiger partial charge in [-0.2, -0.15) is 0 Å². The monoisotopic (exact) mass is 270 g/mol. The van der Waals surface area contributed by atoms with Crippen molar-refractivity contribution in [2.24, 2.45) is 17.8 Å². The van der Waals surface area contributed by atoms with Crippen LogP contribution in [0.15, 0.2) is 0 Å². The zero-order valence-corrected chi connectivity index (χ0v) is 11.7. The quantitative estimate of drug-likeness (QED) is 0.753. The van der Waals surface area contributed by atoms with Gasteiger partial charge in [0.25, 0.3) is 0 Å². The van der Waals surface area contributed by atoms with E-state index in [1.807, 2.05) is 0 Å². The number of hydrogen-bond donors (Lipinski definition) is 2. The Morgan fingerprint density at radius 3 is 2.37 bits per heavy atom. The fourth-order valence-electron chi connectivity index (χ4n) is 2.57. The smallest absolute Gasteiger partial charge is 0.306 e. The van der Waals surface area contributed by atoms with E-state index in [1.165, 1.54) is 4.90 Å². The van der Waals surface area contributed by atoms with E-state index in [0.717, 1.165) is 0 Å². The van der Waals surface area contributed by atoms with Gasteiger partial charge < -0.3 is 15.3 Å². The molecule has 2 amide bonds. The highest BCUT2D eigenvalue weighted by molar-refractivity contribution is 5.82. The molecule has 3 atom stereocenters. The number of rotatable bonds is 5. The van der Waals surface area contributed by atoms with Gasteiger partial charge in [-0.3, -0.25) is 14.4 Å². The molecule has 1 aliphatic carbocycles. The number of carboxylic acid groups (broad SMARTS) is 1. The van der Waals surface area contributed by atoms with Crippen molar-refractivity contribution in [2.45, 2.75) is 26.2 Å². The third-order valence-electron chi connectivity index (χ3n) is 3.75. The summed E-state index contributed by atoms with van der Waals surface area (Å²) in [5, 5.41) is 11.5. The zero-order chi connectivity index (χ0) is 14.6. The minimum Gasteiger partial charge on any atom is -0.481 e. The highest BCUT2D eigenvalue weighted by Crippen LogP contribution is 2.32. The van der Waals surface area contributed by atoms with Gasteiger partial charge in [0, 0.05) is 26.6 Å². The minimum absolute atomic E-state index is 0.0560. The van der Waals surface area contributed by atoms with Crippen LogP contribution < -0.4 is 5.32 Å². The Morgan fingerprint density at radius 1 is 1.32 bits per heavy atom. The maximum atomic E-state index is 12.2. The van der Waals surface area contributed by atoms with Gasteiger partial charge in [0.1, 0.15) is 0 Å². The molecule has 0 heterocycles. The van der Waals surface area contributed by atoms with E-state index in [9.17, 15) is 14.4 Å². The van der Waals surface area contributed by atoms with Crippen molar-refractivity contribution in [3.63, 3.8) is 0 Å². The number of hydrogen-bond acceptors (Lipinski definition) is 3. The molecule has 1 unspecified atom stereocenters. The van der Waals surface area contributed by atoms with Crippen molar-refractivity contribution < 1.29 is 19.5 Å². The van der Waals surface area contributed by atoms with Crippen LogP contribution in [-0.2, 0) is 14.4 Å². The van der Waals surface area contributed by atoms with Crippen LogP contribution in [0.25, 0.3) is 0 Å². The topological polar surface area (TPSA) is 86.7 Å². The summed E-state index contributed by atoms with van der Waals surface area (Å²) in [5.41, 5.74) is 0. The number of carboxylic acids is 1. The third kappa shape index (κ3) is 3.94. The van der Waals surface area contributed by atoms with Crippen LogP contribution in [0, 0.1) is 17.8 Å². The van der Waals surface area contributed by atoms with E-state index in [0.29, 0.717) is 25.8 Å². The summed E-state index contributed by atoms with van der Waals surface area (Å²) in [6, 6.07) is 0. The van der Waals surface area contributed by atoms with Crippen LogP contribution >= 0.6 is 0 Å². The van der Waals surface area contributed by atoms with Gasteiger partial charge in [0.15, 0.2) is 0 Å². The molecule has 108 valence electrons. The summed E-state index contributed by atoms with van der Waals surface area (Å²) >= 11 is 0. The number of amides is 2. The molecular formula is C13H22N2O4. The summed E-state index contributed by atoms with van der Waals surface area (Å²) in [4.78, 5) is 36.0. The predicted molar refractivity (Wildman–Crippen MR) is 69.3 cm³/mol. The second-order valence-corrected chi connectivity index (χ2v) is 5.28. The van der Waals surface area contributed by atoms with Gasteiger partial charge in [-0.25, -0.2) is 0 Å². The lowest BCUT2D eigenvalue weighted by Crippen LogP contribution is -2.39. The van der Waals surface area contributed by atoms with Crippen molar-refractivity contribution in [1.29, 1.82) is 0 Å². The van der Waals surface area contributed by atoms with Crippen LogP contribution in [0.5, 0.6) is 0 Å². The van der Waals surface area contributed by atoms with Crippen molar-refractivity contribution in [2.75, 3.05) is 20.6 Å². The van der Waals surface area contributed by atoms with Crippen LogP contribution in [0.4, 0.5) is 0 Å². The summed E-state index contributed by atoms with van der Waals surface area (Å²) < 4.78 is 0. The first-order valence-electron chi connectivity index (χ1n) is 6.56. The Morgan fingerprint density at radius 2 is 1.89 bits per heavy atom. The Balaban J connectivity index is 2.49. The second kappa shape index (κ2) is 6.54. The SMILES string of the molecule is CNC(=O)C(C)CN(C)C(=O)[C@@H]1CC[C@H](C(=O)O)C1. The van der Waals surface area contributed by atoms with Gasteiger partial charge in [-0.15, -0.1) is 0 Å². The summed E-state index contributed by atoms with van der Waals surface area (Å²) in [5.74, 6) is -1.87. The zero-order valence-electron chi connectivity index (χ0n) is 11.7. The van der Waals surface area contributed by atoms with E-state index in [-0.39, 0.29) is 23.7 Å². The average Bonchev–Trinajstić information content (AvgIpc) is 2.86. The van der Waals surface area contributed by atoms with Crippen molar-refractivity contribution >= 4 is 17.8 Å². The van der Waals surface area contributed by atoms with Crippen LogP contribution in [-0.4, -0.2) is 48.4 Å². The largest absolute Gasteiger partial charge is 0.481 e. The molecule has 0 aromatic rings. The van der Waals surface area contributed by atoms with Crippen molar-refractivity contribution in [3.05, 3.63) is 0 Å². The first-order valence-corrected chi connectivity index (χ1v) is 6.56. The molecule has 0 radical (unpaired) electrons. The van der Waals surface area contributed by atoms with E-state index in [1.54, 1.807) is 21.0 Å². The molecular weight excluding hydrogens is 248 g/mol. The molecule has 1 rings (SSSR count). The standard InChI is InChI=1S/C13H22N2O4/c1-8(11(16)14-2)7-15(3)12(17)9-4-5-10(6-9)13(18)19/h8-10H,4-7H2,1-3H3,(H,14,16)(H,18,19)/t8?,9-,10+/m1/s1. The van der Waals surface area contributed by atoms with E-state index in [4.69, 9.17) is 5.11 Å². The van der Waals surface area contributed by atoms with Gasteiger partial charge in [-0.05, 0) is 19.3 Å². The summed E-state index contributed by atoms with van der Waals surface area (Å²) in [6.45, 7) is 2.12. The number of aliphatic carboxylic acids is 1. The lowest BCUT2D eigenvalue weighted by molar-refractivity contribution is -0.141. The van der Waals surface area contributed by atoms with Crippen LogP contribution in [0.2, 0.25) is 0 Å². The van der Waals surface area contributed by atoms with Gasteiger partial charge in [-0.1, -0.05) is 6.92 Å². The van der Waals surface area contributed by atoms with Gasteiger partial charge >= 0.3 is 5.97 Å². The Bertz CT molecular complexity index is 370. The highest BCUT2D eigenvalue weighted by Gasteiger charge is 2.35. The maximum absolute atomic E-state index is 12.2. The second-order valence-electron chi connectivity index (χ2n) is 5.28. The van der Waals surface area contributed by atoms with Crippen molar-refractivity contribution in [3.8, 4) is 0 Å². The Kier molecular flexibility index (Phi) is 5.32. The first kappa shape index (κ1) is 15.5. The normalized spacial score (nSPS) is 23.7. The highest BCUT2D eigenvalue weighted by atomic mass is 16.4. The molecule has 1 fully saturated rings. The van der Waals surface area contributed by atoms with Gasteiger partial charge in [0.2, 0.25) is 11.8 Å². The third-order valence-corrected chi connectivity index (χ3v) is 3.75. The molecule has 19 heavy (non-hydrogen) atoms. The molecule has 0 aromatic heterocycles. The molecule has 0 aromatic carbocycles.